The summed E-state index contributed by atoms with van der Waals surface area (Å²) in [5.74, 6) is 1.40. The molecule has 5 heteroatoms. The van der Waals surface area contributed by atoms with Gasteiger partial charge in [0.25, 0.3) is 0 Å². The molecule has 0 bridgehead atoms. The number of carbonyl (C=O) groups is 2. The third-order valence-electron chi connectivity index (χ3n) is 7.01. The minimum atomic E-state index is -0.114. The van der Waals surface area contributed by atoms with Crippen LogP contribution in [0.4, 0.5) is 0 Å². The molecule has 0 atom stereocenters. The van der Waals surface area contributed by atoms with Crippen molar-refractivity contribution in [3.05, 3.63) is 0 Å². The molecule has 146 valence electrons. The summed E-state index contributed by atoms with van der Waals surface area (Å²) in [7, 11) is 0. The van der Waals surface area contributed by atoms with Gasteiger partial charge in [0.1, 0.15) is 6.42 Å². The van der Waals surface area contributed by atoms with Gasteiger partial charge in [0.15, 0.2) is 0 Å². The van der Waals surface area contributed by atoms with Crippen LogP contribution in [0, 0.1) is 34.5 Å². The smallest absolute Gasteiger partial charge is 0.236 e. The number of hydrogen-bond acceptors (Lipinski definition) is 3. The van der Waals surface area contributed by atoms with Crippen LogP contribution in [0.15, 0.2) is 0 Å². The average molecular weight is 362 g/mol. The Morgan fingerprint density at radius 3 is 2.08 bits per heavy atom. The van der Waals surface area contributed by atoms with Crippen molar-refractivity contribution in [1.82, 2.24) is 10.2 Å². The highest BCUT2D eigenvalue weighted by Gasteiger charge is 2.41. The molecule has 26 heavy (non-hydrogen) atoms. The molecule has 0 radical (unpaired) electrons. The molecular weight excluding hydrogens is 326 g/mol. The Morgan fingerprint density at radius 1 is 1.08 bits per heavy atom. The first-order valence-corrected chi connectivity index (χ1v) is 10.2. The maximum absolute atomic E-state index is 12.6. The molecule has 1 aliphatic heterocycles. The van der Waals surface area contributed by atoms with E-state index in [-0.39, 0.29) is 24.2 Å². The predicted octanol–water partition coefficient (Wildman–Crippen LogP) is 3.50. The Hall–Kier alpha value is -1.57. The minimum Gasteiger partial charge on any atom is -0.353 e. The van der Waals surface area contributed by atoms with E-state index in [9.17, 15) is 9.59 Å². The quantitative estimate of drug-likeness (QED) is 0.814. The van der Waals surface area contributed by atoms with Gasteiger partial charge >= 0.3 is 0 Å². The van der Waals surface area contributed by atoms with Crippen molar-refractivity contribution in [3.8, 4) is 6.07 Å². The molecule has 1 heterocycles. The van der Waals surface area contributed by atoms with Crippen LogP contribution in [0.25, 0.3) is 0 Å². The summed E-state index contributed by atoms with van der Waals surface area (Å²) in [5.41, 5.74) is 0.410. The Bertz CT molecular complexity index is 524. The first-order valence-electron chi connectivity index (χ1n) is 10.2. The highest BCUT2D eigenvalue weighted by atomic mass is 16.2. The zero-order chi connectivity index (χ0) is 19.3. The molecule has 1 saturated heterocycles. The van der Waals surface area contributed by atoms with Crippen molar-refractivity contribution < 1.29 is 9.59 Å². The van der Waals surface area contributed by atoms with Gasteiger partial charge in [0.05, 0.1) is 6.07 Å². The third kappa shape index (κ3) is 4.58. The van der Waals surface area contributed by atoms with Crippen molar-refractivity contribution in [2.24, 2.45) is 23.2 Å². The lowest BCUT2D eigenvalue weighted by atomic mass is 9.60. The van der Waals surface area contributed by atoms with Gasteiger partial charge in [-0.25, -0.2) is 0 Å². The number of nitrogens with one attached hydrogen (secondary N) is 1. The highest BCUT2D eigenvalue weighted by molar-refractivity contribution is 5.81. The van der Waals surface area contributed by atoms with Gasteiger partial charge in [0, 0.05) is 25.0 Å². The monoisotopic (exact) mass is 361 g/mol. The minimum absolute atomic E-state index is 0.00279. The maximum Gasteiger partial charge on any atom is 0.236 e. The van der Waals surface area contributed by atoms with E-state index in [1.54, 1.807) is 4.90 Å². The molecule has 1 saturated carbocycles. The van der Waals surface area contributed by atoms with E-state index in [2.05, 4.69) is 33.0 Å². The largest absolute Gasteiger partial charge is 0.353 e. The molecule has 2 aliphatic rings. The lowest BCUT2D eigenvalue weighted by Gasteiger charge is -2.47. The lowest BCUT2D eigenvalue weighted by Crippen LogP contribution is -2.48. The fraction of sp³-hybridized carbons (Fsp3) is 0.857. The van der Waals surface area contributed by atoms with Gasteiger partial charge in [-0.05, 0) is 55.8 Å². The van der Waals surface area contributed by atoms with Crippen LogP contribution >= 0.6 is 0 Å². The summed E-state index contributed by atoms with van der Waals surface area (Å²) in [6.45, 7) is 10.5. The van der Waals surface area contributed by atoms with Crippen LogP contribution in [0.5, 0.6) is 0 Å². The summed E-state index contributed by atoms with van der Waals surface area (Å²) in [5, 5.41) is 11.9. The van der Waals surface area contributed by atoms with Crippen LogP contribution in [-0.2, 0) is 9.59 Å². The van der Waals surface area contributed by atoms with Crippen LogP contribution in [0.3, 0.4) is 0 Å². The number of piperidine rings is 1. The third-order valence-corrected chi connectivity index (χ3v) is 7.01. The van der Waals surface area contributed by atoms with Crippen LogP contribution < -0.4 is 5.32 Å². The van der Waals surface area contributed by atoms with Gasteiger partial charge in [-0.2, -0.15) is 5.26 Å². The summed E-state index contributed by atoms with van der Waals surface area (Å²) in [6.07, 6.45) is 5.87. The average Bonchev–Trinajstić information content (AvgIpc) is 2.62. The second-order valence-corrected chi connectivity index (χ2v) is 8.82. The Kier molecular flexibility index (Phi) is 7.08. The molecule has 0 aromatic rings. The second kappa shape index (κ2) is 8.88. The van der Waals surface area contributed by atoms with Crippen LogP contribution in [0.1, 0.15) is 72.6 Å². The predicted molar refractivity (Wildman–Crippen MR) is 102 cm³/mol. The molecule has 2 fully saturated rings. The van der Waals surface area contributed by atoms with Crippen molar-refractivity contribution in [2.45, 2.75) is 78.7 Å². The fourth-order valence-corrected chi connectivity index (χ4v) is 5.01. The van der Waals surface area contributed by atoms with E-state index >= 15 is 0 Å². The van der Waals surface area contributed by atoms with E-state index in [1.807, 2.05) is 6.07 Å². The standard InChI is InChI=1S/C21H35N3O2/c1-15(2)21(16(3)4)10-5-18(6-11-21)23-20(26)17-8-13-24(14-9-17)19(25)7-12-22/h15-18H,5-11,13-14H2,1-4H3,(H,23,26). The molecule has 1 N–H and O–H groups in total. The van der Waals surface area contributed by atoms with Gasteiger partial charge in [0.2, 0.25) is 11.8 Å². The van der Waals surface area contributed by atoms with Gasteiger partial charge in [-0.15, -0.1) is 0 Å². The zero-order valence-electron chi connectivity index (χ0n) is 16.9. The van der Waals surface area contributed by atoms with Crippen molar-refractivity contribution in [1.29, 1.82) is 5.26 Å². The highest BCUT2D eigenvalue weighted by Crippen LogP contribution is 2.48. The number of likely N-dealkylation sites (tertiary alicyclic amines) is 1. The van der Waals surface area contributed by atoms with E-state index in [4.69, 9.17) is 5.26 Å². The fourth-order valence-electron chi connectivity index (χ4n) is 5.01. The molecule has 2 rings (SSSR count). The van der Waals surface area contributed by atoms with E-state index in [0.29, 0.717) is 49.2 Å². The molecule has 0 aromatic carbocycles. The summed E-state index contributed by atoms with van der Waals surface area (Å²) in [6, 6.07) is 2.20. The topological polar surface area (TPSA) is 73.2 Å². The van der Waals surface area contributed by atoms with Gasteiger partial charge < -0.3 is 10.2 Å². The van der Waals surface area contributed by atoms with Crippen LogP contribution in [-0.4, -0.2) is 35.8 Å². The Balaban J connectivity index is 1.80. The van der Waals surface area contributed by atoms with E-state index < -0.39 is 0 Å². The molecular formula is C21H35N3O2. The second-order valence-electron chi connectivity index (χ2n) is 8.82. The number of nitriles is 1. The lowest BCUT2D eigenvalue weighted by molar-refractivity contribution is -0.135. The van der Waals surface area contributed by atoms with Crippen molar-refractivity contribution in [3.63, 3.8) is 0 Å². The Labute approximate surface area is 158 Å². The van der Waals surface area contributed by atoms with Gasteiger partial charge in [-0.3, -0.25) is 9.59 Å². The zero-order valence-corrected chi connectivity index (χ0v) is 16.9. The molecule has 0 spiro atoms. The van der Waals surface area contributed by atoms with Crippen molar-refractivity contribution >= 4 is 11.8 Å². The SMILES string of the molecule is CC(C)C1(C(C)C)CCC(NC(=O)C2CCN(C(=O)CC#N)CC2)CC1. The molecule has 2 amide bonds. The van der Waals surface area contributed by atoms with Crippen molar-refractivity contribution in [2.75, 3.05) is 13.1 Å². The van der Waals surface area contributed by atoms with E-state index in [1.165, 1.54) is 12.8 Å². The molecule has 1 aliphatic carbocycles. The summed E-state index contributed by atoms with van der Waals surface area (Å²) in [4.78, 5) is 26.1. The molecule has 5 nitrogen and oxygen atoms in total. The number of nitrogens with zero attached hydrogens (tertiary/aromatic N) is 2. The number of amides is 2. The Morgan fingerprint density at radius 2 is 1.62 bits per heavy atom. The first-order chi connectivity index (χ1) is 12.3. The summed E-state index contributed by atoms with van der Waals surface area (Å²) < 4.78 is 0. The number of carbonyl (C=O) groups excluding carboxylic acids is 2. The van der Waals surface area contributed by atoms with Gasteiger partial charge in [-0.1, -0.05) is 27.7 Å². The number of hydrogen-bond donors (Lipinski definition) is 1. The summed E-state index contributed by atoms with van der Waals surface area (Å²) >= 11 is 0. The van der Waals surface area contributed by atoms with E-state index in [0.717, 1.165) is 12.8 Å². The first kappa shape index (κ1) is 20.7. The molecule has 0 unspecified atom stereocenters. The maximum atomic E-state index is 12.6. The number of rotatable bonds is 5. The normalized spacial score (nSPS) is 21.7. The van der Waals surface area contributed by atoms with Crippen LogP contribution in [0.2, 0.25) is 0 Å². The molecule has 0 aromatic heterocycles.